The average molecular weight is 1020 g/mol. The van der Waals surface area contributed by atoms with Gasteiger partial charge in [0.15, 0.2) is 21.2 Å². The first-order chi connectivity index (χ1) is 32.1. The number of carbonyl (C=O) groups is 1. The molecule has 0 heterocycles. The quantitative estimate of drug-likeness (QED) is 0.0523. The molecule has 0 aliphatic carbocycles. The molecule has 0 spiro atoms. The van der Waals surface area contributed by atoms with E-state index < -0.39 is 27.2 Å². The van der Waals surface area contributed by atoms with E-state index in [0.717, 1.165) is 56.1 Å². The zero-order chi connectivity index (χ0) is 46.9. The average Bonchev–Trinajstić information content (AvgIpc) is 3.31. The minimum absolute atomic E-state index is 0.439. The van der Waals surface area contributed by atoms with Crippen LogP contribution in [-0.2, 0) is 22.3 Å². The van der Waals surface area contributed by atoms with Crippen molar-refractivity contribution in [2.45, 2.75) is 348 Å². The van der Waals surface area contributed by atoms with Gasteiger partial charge in [-0.2, -0.15) is 0 Å². The standard InChI is InChI=1S/C61H113IO3/c1-4-7-10-13-16-19-22-25-28-31-34-37-40-43-46-49-52-56-55-57(53-50-47-44-41-38-35-32-29-26-23-20-17-14-11-8-5-2)60(62-65)59(61(63)64)58(56)54-51-48-45-42-39-36-33-30-27-24-21-18-15-12-9-6-3/h55H,4-54H2,1-3H3,(H,63,64). The lowest BCUT2D eigenvalue weighted by molar-refractivity contribution is 0.0694. The molecule has 4 heteroatoms. The number of rotatable bonds is 53. The third-order valence-corrected chi connectivity index (χ3v) is 16.4. The van der Waals surface area contributed by atoms with Gasteiger partial charge >= 0.3 is 5.97 Å². The summed E-state index contributed by atoms with van der Waals surface area (Å²) in [5.41, 5.74) is 3.83. The van der Waals surface area contributed by atoms with Gasteiger partial charge in [-0.3, -0.25) is 3.07 Å². The second-order valence-corrected chi connectivity index (χ2v) is 22.4. The van der Waals surface area contributed by atoms with Gasteiger partial charge in [-0.15, -0.1) is 0 Å². The van der Waals surface area contributed by atoms with Crippen LogP contribution in [0.15, 0.2) is 6.07 Å². The van der Waals surface area contributed by atoms with Crippen molar-refractivity contribution in [1.29, 1.82) is 0 Å². The zero-order valence-corrected chi connectivity index (χ0v) is 46.4. The van der Waals surface area contributed by atoms with E-state index in [1.165, 1.54) is 288 Å². The molecule has 0 aromatic heterocycles. The fraction of sp³-hybridized carbons (Fsp3) is 0.885. The Morgan fingerprint density at radius 3 is 0.785 bits per heavy atom. The molecule has 0 atom stereocenters. The minimum atomic E-state index is -1.55. The summed E-state index contributed by atoms with van der Waals surface area (Å²) in [6, 6.07) is 2.34. The molecule has 0 amide bonds. The molecule has 382 valence electrons. The smallest absolute Gasteiger partial charge is 0.337 e. The van der Waals surface area contributed by atoms with E-state index in [1.807, 2.05) is 0 Å². The highest BCUT2D eigenvalue weighted by atomic mass is 127. The van der Waals surface area contributed by atoms with E-state index in [9.17, 15) is 13.0 Å². The fourth-order valence-corrected chi connectivity index (χ4v) is 11.9. The van der Waals surface area contributed by atoms with Crippen LogP contribution in [0.5, 0.6) is 0 Å². The van der Waals surface area contributed by atoms with Gasteiger partial charge in [0.25, 0.3) is 0 Å². The lowest BCUT2D eigenvalue weighted by Crippen LogP contribution is -2.12. The van der Waals surface area contributed by atoms with Crippen LogP contribution < -0.4 is 0 Å². The summed E-state index contributed by atoms with van der Waals surface area (Å²) in [6.07, 6.45) is 67.6. The molecular formula is C61H113IO3. The third-order valence-electron chi connectivity index (χ3n) is 14.7. The molecule has 1 N–H and O–H groups in total. The Morgan fingerprint density at radius 2 is 0.554 bits per heavy atom. The second kappa shape index (κ2) is 49.6. The van der Waals surface area contributed by atoms with Gasteiger partial charge < -0.3 is 5.11 Å². The molecule has 3 nitrogen and oxygen atoms in total. The Kier molecular flexibility index (Phi) is 47.5. The van der Waals surface area contributed by atoms with Gasteiger partial charge in [0.2, 0.25) is 0 Å². The predicted molar refractivity (Wildman–Crippen MR) is 297 cm³/mol. The molecule has 0 saturated heterocycles. The highest BCUT2D eigenvalue weighted by Crippen LogP contribution is 2.32. The van der Waals surface area contributed by atoms with Crippen molar-refractivity contribution in [3.8, 4) is 0 Å². The van der Waals surface area contributed by atoms with Crippen LogP contribution in [0.25, 0.3) is 0 Å². The van der Waals surface area contributed by atoms with Gasteiger partial charge in [0.1, 0.15) is 0 Å². The molecule has 1 aromatic carbocycles. The molecule has 0 bridgehead atoms. The summed E-state index contributed by atoms with van der Waals surface area (Å²) in [7, 11) is 0. The Labute approximate surface area is 417 Å². The van der Waals surface area contributed by atoms with Crippen LogP contribution in [0.1, 0.15) is 356 Å². The normalized spacial score (nSPS) is 11.6. The zero-order valence-electron chi connectivity index (χ0n) is 44.3. The molecule has 0 unspecified atom stereocenters. The molecule has 1 aromatic rings. The van der Waals surface area contributed by atoms with Crippen LogP contribution in [0.2, 0.25) is 0 Å². The number of aromatic carboxylic acids is 1. The summed E-state index contributed by atoms with van der Waals surface area (Å²) < 4.78 is 13.6. The van der Waals surface area contributed by atoms with Crippen LogP contribution in [0.4, 0.5) is 0 Å². The van der Waals surface area contributed by atoms with Crippen LogP contribution in [0, 0.1) is 3.57 Å². The number of aryl methyl sites for hydroxylation is 2. The van der Waals surface area contributed by atoms with E-state index in [1.54, 1.807) is 0 Å². The van der Waals surface area contributed by atoms with Crippen molar-refractivity contribution in [2.75, 3.05) is 0 Å². The van der Waals surface area contributed by atoms with Crippen molar-refractivity contribution >= 4 is 27.2 Å². The molecule has 0 fully saturated rings. The van der Waals surface area contributed by atoms with Crippen molar-refractivity contribution in [3.05, 3.63) is 31.9 Å². The van der Waals surface area contributed by atoms with Gasteiger partial charge in [-0.05, 0) is 55.2 Å². The maximum absolute atomic E-state index is 13.0. The first-order valence-corrected chi connectivity index (χ1v) is 31.7. The highest BCUT2D eigenvalue weighted by molar-refractivity contribution is 14.1. The van der Waals surface area contributed by atoms with Crippen molar-refractivity contribution in [3.63, 3.8) is 0 Å². The number of hydrogen-bond acceptors (Lipinski definition) is 2. The lowest BCUT2D eigenvalue weighted by Gasteiger charge is -2.18. The van der Waals surface area contributed by atoms with E-state index >= 15 is 0 Å². The molecule has 0 radical (unpaired) electrons. The fourth-order valence-electron chi connectivity index (χ4n) is 10.4. The molecule has 1 rings (SSSR count). The Hall–Kier alpha value is -0.780. The van der Waals surface area contributed by atoms with Crippen molar-refractivity contribution in [1.82, 2.24) is 0 Å². The number of unbranched alkanes of at least 4 members (excludes halogenated alkanes) is 45. The third kappa shape index (κ3) is 37.8. The lowest BCUT2D eigenvalue weighted by atomic mass is 9.89. The first kappa shape index (κ1) is 62.2. The Morgan fingerprint density at radius 1 is 0.338 bits per heavy atom. The second-order valence-electron chi connectivity index (χ2n) is 20.9. The molecule has 65 heavy (non-hydrogen) atoms. The van der Waals surface area contributed by atoms with Crippen LogP contribution in [-0.4, -0.2) is 11.1 Å². The Bertz CT molecular complexity index is 1180. The maximum atomic E-state index is 13.0. The highest BCUT2D eigenvalue weighted by Gasteiger charge is 2.23. The monoisotopic (exact) mass is 1020 g/mol. The van der Waals surface area contributed by atoms with E-state index in [2.05, 4.69) is 26.8 Å². The first-order valence-electron chi connectivity index (χ1n) is 29.8. The number of benzene rings is 1. The number of carboxylic acid groups (broad SMARTS) is 1. The molecule has 0 aliphatic rings. The van der Waals surface area contributed by atoms with E-state index in [0.29, 0.717) is 9.13 Å². The summed E-state index contributed by atoms with van der Waals surface area (Å²) in [4.78, 5) is 13.0. The summed E-state index contributed by atoms with van der Waals surface area (Å²) in [6.45, 7) is 6.89. The largest absolute Gasteiger partial charge is 0.478 e. The minimum Gasteiger partial charge on any atom is -0.478 e. The van der Waals surface area contributed by atoms with E-state index in [4.69, 9.17) is 0 Å². The predicted octanol–water partition coefficient (Wildman–Crippen LogP) is 22.3. The SMILES string of the molecule is CCCCCCCCCCCCCCCCCCc1cc(CCCCCCCCCCCCCCCCCC)c(I=O)c(C(=O)O)c1CCCCCCCCCCCCCCCCCC. The maximum Gasteiger partial charge on any atom is 0.337 e. The van der Waals surface area contributed by atoms with Crippen LogP contribution in [0.3, 0.4) is 0 Å². The van der Waals surface area contributed by atoms with Crippen molar-refractivity contribution in [2.24, 2.45) is 0 Å². The van der Waals surface area contributed by atoms with Gasteiger partial charge in [-0.1, -0.05) is 316 Å². The number of carboxylic acids is 1. The molecular weight excluding hydrogens is 908 g/mol. The van der Waals surface area contributed by atoms with Crippen LogP contribution >= 0.6 is 21.2 Å². The summed E-state index contributed by atoms with van der Waals surface area (Å²) >= 11 is -1.55. The number of hydrogen-bond donors (Lipinski definition) is 1. The van der Waals surface area contributed by atoms with Gasteiger partial charge in [-0.25, -0.2) is 4.79 Å². The summed E-state index contributed by atoms with van der Waals surface area (Å²) in [5.74, 6) is -0.843. The summed E-state index contributed by atoms with van der Waals surface area (Å²) in [5, 5.41) is 10.7. The molecule has 0 aliphatic heterocycles. The van der Waals surface area contributed by atoms with Gasteiger partial charge in [0, 0.05) is 0 Å². The van der Waals surface area contributed by atoms with Crippen molar-refractivity contribution < 1.29 is 13.0 Å². The Balaban J connectivity index is 2.58. The topological polar surface area (TPSA) is 54.4 Å². The van der Waals surface area contributed by atoms with Gasteiger partial charge in [0.05, 0.1) is 9.13 Å². The molecule has 0 saturated carbocycles. The van der Waals surface area contributed by atoms with E-state index in [-0.39, 0.29) is 0 Å². The number of halogens is 1.